The van der Waals surface area contributed by atoms with Gasteiger partial charge in [0.15, 0.2) is 0 Å². The molecule has 3 unspecified atom stereocenters. The first-order valence-corrected chi connectivity index (χ1v) is 7.78. The van der Waals surface area contributed by atoms with Crippen molar-refractivity contribution >= 4 is 10.8 Å². The first-order chi connectivity index (χ1) is 10.0. The molecule has 110 valence electrons. The van der Waals surface area contributed by atoms with Gasteiger partial charge in [0.2, 0.25) is 5.44 Å². The Morgan fingerprint density at radius 2 is 1.86 bits per heavy atom. The number of hydrogen-bond acceptors (Lipinski definition) is 4. The Kier molecular flexibility index (Phi) is 3.47. The number of para-hydroxylation sites is 1. The molecule has 1 aliphatic rings. The van der Waals surface area contributed by atoms with Crippen molar-refractivity contribution in [3.05, 3.63) is 54.1 Å². The summed E-state index contributed by atoms with van der Waals surface area (Å²) in [6.07, 6.45) is 0. The van der Waals surface area contributed by atoms with Crippen LogP contribution < -0.4 is 9.47 Å². The van der Waals surface area contributed by atoms with Crippen LogP contribution in [0.5, 0.6) is 11.5 Å². The molecule has 1 N–H and O–H groups in total. The summed E-state index contributed by atoms with van der Waals surface area (Å²) in [6.45, 7) is 1.61. The fraction of sp³-hybridized carbons (Fsp3) is 0.250. The third-order valence-electron chi connectivity index (χ3n) is 3.63. The third kappa shape index (κ3) is 2.32. The van der Waals surface area contributed by atoms with Gasteiger partial charge >= 0.3 is 0 Å². The molecule has 0 bridgehead atoms. The smallest absolute Gasteiger partial charge is 0.210 e. The van der Waals surface area contributed by atoms with E-state index >= 15 is 0 Å². The second kappa shape index (κ2) is 5.16. The Balaban J connectivity index is 1.94. The van der Waals surface area contributed by atoms with Crippen LogP contribution in [0.15, 0.2) is 53.4 Å². The molecule has 21 heavy (non-hydrogen) atoms. The molecule has 0 saturated heterocycles. The average Bonchev–Trinajstić information content (AvgIpc) is 2.86. The lowest BCUT2D eigenvalue weighted by Crippen LogP contribution is -2.41. The zero-order chi connectivity index (χ0) is 15.0. The summed E-state index contributed by atoms with van der Waals surface area (Å²) in [5.74, 6) is 1.26. The van der Waals surface area contributed by atoms with Gasteiger partial charge in [-0.1, -0.05) is 24.3 Å². The van der Waals surface area contributed by atoms with E-state index in [1.54, 1.807) is 50.4 Å². The molecule has 0 amide bonds. The van der Waals surface area contributed by atoms with Gasteiger partial charge < -0.3 is 14.6 Å². The van der Waals surface area contributed by atoms with Crippen molar-refractivity contribution in [2.24, 2.45) is 0 Å². The minimum atomic E-state index is -1.42. The Labute approximate surface area is 125 Å². The summed E-state index contributed by atoms with van der Waals surface area (Å²) < 4.78 is 23.4. The van der Waals surface area contributed by atoms with Crippen LogP contribution in [-0.2, 0) is 16.4 Å². The molecule has 4 nitrogen and oxygen atoms in total. The van der Waals surface area contributed by atoms with Gasteiger partial charge in [-0.3, -0.25) is 4.21 Å². The van der Waals surface area contributed by atoms with Gasteiger partial charge in [-0.25, -0.2) is 0 Å². The lowest BCUT2D eigenvalue weighted by molar-refractivity contribution is -0.00947. The monoisotopic (exact) mass is 304 g/mol. The van der Waals surface area contributed by atoms with Crippen molar-refractivity contribution < 1.29 is 18.8 Å². The molecule has 1 heterocycles. The van der Waals surface area contributed by atoms with E-state index in [9.17, 15) is 9.32 Å². The Morgan fingerprint density at radius 1 is 1.19 bits per heavy atom. The van der Waals surface area contributed by atoms with Gasteiger partial charge in [-0.05, 0) is 36.8 Å². The van der Waals surface area contributed by atoms with E-state index in [2.05, 4.69) is 0 Å². The van der Waals surface area contributed by atoms with Gasteiger partial charge in [-0.15, -0.1) is 0 Å². The summed E-state index contributed by atoms with van der Waals surface area (Å²) >= 11 is 0. The molecule has 5 heteroatoms. The second-order valence-corrected chi connectivity index (χ2v) is 6.53. The minimum Gasteiger partial charge on any atom is -0.497 e. The third-order valence-corrected chi connectivity index (χ3v) is 5.34. The highest BCUT2D eigenvalue weighted by molar-refractivity contribution is 7.86. The minimum absolute atomic E-state index is 0.564. The number of fused-ring (bicyclic) bond motifs is 1. The molecular formula is C16H16O4S. The second-order valence-electron chi connectivity index (χ2n) is 5.07. The SMILES string of the molecule is COc1ccc(C(C)(O)C2Oc3ccccc3S2=O)cc1. The molecule has 1 aliphatic heterocycles. The van der Waals surface area contributed by atoms with Crippen LogP contribution >= 0.6 is 0 Å². The van der Waals surface area contributed by atoms with Crippen molar-refractivity contribution in [2.75, 3.05) is 7.11 Å². The number of aliphatic hydroxyl groups is 1. The molecule has 2 aromatic carbocycles. The fourth-order valence-corrected chi connectivity index (χ4v) is 3.88. The van der Waals surface area contributed by atoms with E-state index in [0.29, 0.717) is 22.0 Å². The summed E-state index contributed by atoms with van der Waals surface area (Å²) in [5.41, 5.74) is -1.56. The standard InChI is InChI=1S/C16H16O4S/c1-16(17,11-7-9-12(19-2)10-8-11)15-20-13-5-3-4-6-14(13)21(15)18/h3-10,15,17H,1-2H3. The first-order valence-electron chi connectivity index (χ1n) is 6.57. The van der Waals surface area contributed by atoms with E-state index in [-0.39, 0.29) is 0 Å². The first kappa shape index (κ1) is 14.1. The summed E-state index contributed by atoms with van der Waals surface area (Å²) in [4.78, 5) is 0.622. The van der Waals surface area contributed by atoms with Crippen LogP contribution in [-0.4, -0.2) is 21.9 Å². The van der Waals surface area contributed by atoms with Crippen LogP contribution in [0.3, 0.4) is 0 Å². The maximum atomic E-state index is 12.5. The molecule has 0 aromatic heterocycles. The number of methoxy groups -OCH3 is 1. The molecular weight excluding hydrogens is 288 g/mol. The lowest BCUT2D eigenvalue weighted by atomic mass is 9.96. The van der Waals surface area contributed by atoms with E-state index in [1.807, 2.05) is 12.1 Å². The molecule has 0 fully saturated rings. The highest BCUT2D eigenvalue weighted by atomic mass is 32.2. The van der Waals surface area contributed by atoms with Gasteiger partial charge in [0.1, 0.15) is 27.9 Å². The zero-order valence-electron chi connectivity index (χ0n) is 11.8. The highest BCUT2D eigenvalue weighted by Gasteiger charge is 2.45. The van der Waals surface area contributed by atoms with Crippen molar-refractivity contribution in [1.82, 2.24) is 0 Å². The Hall–Kier alpha value is -1.85. The maximum Gasteiger partial charge on any atom is 0.210 e. The molecule has 0 radical (unpaired) electrons. The van der Waals surface area contributed by atoms with Crippen molar-refractivity contribution in [3.63, 3.8) is 0 Å². The topological polar surface area (TPSA) is 55.8 Å². The van der Waals surface area contributed by atoms with Crippen LogP contribution in [0.2, 0.25) is 0 Å². The molecule has 0 spiro atoms. The molecule has 3 atom stereocenters. The summed E-state index contributed by atoms with van der Waals surface area (Å²) in [5, 5.41) is 10.8. The Morgan fingerprint density at radius 3 is 2.48 bits per heavy atom. The predicted molar refractivity (Wildman–Crippen MR) is 79.8 cm³/mol. The maximum absolute atomic E-state index is 12.5. The number of ether oxygens (including phenoxy) is 2. The number of rotatable bonds is 3. The van der Waals surface area contributed by atoms with Gasteiger partial charge in [0.25, 0.3) is 0 Å². The highest BCUT2D eigenvalue weighted by Crippen LogP contribution is 2.40. The molecule has 2 aromatic rings. The van der Waals surface area contributed by atoms with E-state index in [1.165, 1.54) is 0 Å². The van der Waals surface area contributed by atoms with Crippen molar-refractivity contribution in [3.8, 4) is 11.5 Å². The summed E-state index contributed by atoms with van der Waals surface area (Å²) in [7, 11) is 0.166. The van der Waals surface area contributed by atoms with Crippen LogP contribution in [0, 0.1) is 0 Å². The zero-order valence-corrected chi connectivity index (χ0v) is 12.6. The van der Waals surface area contributed by atoms with Gasteiger partial charge in [0.05, 0.1) is 12.0 Å². The van der Waals surface area contributed by atoms with E-state index in [4.69, 9.17) is 9.47 Å². The number of hydrogen-bond donors (Lipinski definition) is 1. The molecule has 0 aliphatic carbocycles. The quantitative estimate of drug-likeness (QED) is 0.946. The largest absolute Gasteiger partial charge is 0.497 e. The van der Waals surface area contributed by atoms with E-state index < -0.39 is 21.8 Å². The normalized spacial score (nSPS) is 23.0. The van der Waals surface area contributed by atoms with E-state index in [0.717, 1.165) is 0 Å². The van der Waals surface area contributed by atoms with Crippen molar-refractivity contribution in [1.29, 1.82) is 0 Å². The molecule has 3 rings (SSSR count). The van der Waals surface area contributed by atoms with Crippen LogP contribution in [0.25, 0.3) is 0 Å². The van der Waals surface area contributed by atoms with Gasteiger partial charge in [0, 0.05) is 0 Å². The average molecular weight is 304 g/mol. The van der Waals surface area contributed by atoms with Crippen LogP contribution in [0.4, 0.5) is 0 Å². The molecule has 0 saturated carbocycles. The summed E-state index contributed by atoms with van der Waals surface area (Å²) in [6, 6.07) is 14.2. The van der Waals surface area contributed by atoms with Gasteiger partial charge in [-0.2, -0.15) is 0 Å². The fourth-order valence-electron chi connectivity index (χ4n) is 2.38. The lowest BCUT2D eigenvalue weighted by Gasteiger charge is -2.28. The van der Waals surface area contributed by atoms with Crippen molar-refractivity contribution in [2.45, 2.75) is 22.9 Å². The van der Waals surface area contributed by atoms with Crippen LogP contribution in [0.1, 0.15) is 12.5 Å². The Bertz CT molecular complexity index is 679. The number of benzene rings is 2. The predicted octanol–water partition coefficient (Wildman–Crippen LogP) is 2.43.